The molecule has 4 heteroatoms. The number of hydrogen-bond acceptors (Lipinski definition) is 2. The second kappa shape index (κ2) is 8.88. The van der Waals surface area contributed by atoms with Gasteiger partial charge in [0.15, 0.2) is 0 Å². The van der Waals surface area contributed by atoms with Crippen molar-refractivity contribution in [3.63, 3.8) is 0 Å². The van der Waals surface area contributed by atoms with Crippen molar-refractivity contribution in [3.8, 4) is 11.1 Å². The van der Waals surface area contributed by atoms with E-state index in [-0.39, 0.29) is 21.8 Å². The summed E-state index contributed by atoms with van der Waals surface area (Å²) in [6.45, 7) is 0. The van der Waals surface area contributed by atoms with Crippen LogP contribution in [0.3, 0.4) is 0 Å². The van der Waals surface area contributed by atoms with E-state index in [0.717, 1.165) is 22.3 Å². The topological polar surface area (TPSA) is 65.7 Å². The molecule has 0 radical (unpaired) electrons. The van der Waals surface area contributed by atoms with Gasteiger partial charge >= 0.3 is 0 Å². The van der Waals surface area contributed by atoms with Crippen molar-refractivity contribution in [2.24, 2.45) is 0 Å². The van der Waals surface area contributed by atoms with Crippen molar-refractivity contribution < 1.29 is 0 Å². The molecule has 2 N–H and O–H groups in total. The molecule has 0 fully saturated rings. The third kappa shape index (κ3) is 4.62. The van der Waals surface area contributed by atoms with Gasteiger partial charge < -0.3 is 9.97 Å². The molecule has 0 aliphatic rings. The summed E-state index contributed by atoms with van der Waals surface area (Å²) in [5.74, 6) is 0. The van der Waals surface area contributed by atoms with Crippen molar-refractivity contribution in [2.45, 2.75) is 0 Å². The second-order valence-corrected chi connectivity index (χ2v) is 6.81. The summed E-state index contributed by atoms with van der Waals surface area (Å²) in [4.78, 5) is 30.0. The highest BCUT2D eigenvalue weighted by atomic mass is 16.1. The molecule has 30 heavy (non-hydrogen) atoms. The van der Waals surface area contributed by atoms with E-state index in [0.29, 0.717) is 0 Å². The molecule has 3 aromatic carbocycles. The fraction of sp³-hybridized carbons (Fsp3) is 0. The predicted octanol–water partition coefficient (Wildman–Crippen LogP) is 3.05. The van der Waals surface area contributed by atoms with Gasteiger partial charge in [-0.15, -0.1) is 0 Å². The number of allylic oxidation sites excluding steroid dienone is 1. The third-order valence-electron chi connectivity index (χ3n) is 4.64. The van der Waals surface area contributed by atoms with E-state index in [1.165, 1.54) is 0 Å². The predicted molar refractivity (Wildman–Crippen MR) is 122 cm³/mol. The Labute approximate surface area is 173 Å². The molecule has 0 atom stereocenters. The maximum absolute atomic E-state index is 12.4. The highest BCUT2D eigenvalue weighted by Crippen LogP contribution is 2.20. The van der Waals surface area contributed by atoms with E-state index in [1.807, 2.05) is 66.7 Å². The molecule has 0 saturated carbocycles. The number of aromatic amines is 2. The van der Waals surface area contributed by atoms with Gasteiger partial charge in [-0.3, -0.25) is 9.59 Å². The van der Waals surface area contributed by atoms with E-state index < -0.39 is 0 Å². The average Bonchev–Trinajstić information content (AvgIpc) is 2.78. The monoisotopic (exact) mass is 392 g/mol. The minimum absolute atomic E-state index is 0.209. The molecule has 4 aromatic rings. The molecule has 4 rings (SSSR count). The first-order chi connectivity index (χ1) is 14.7. The van der Waals surface area contributed by atoms with Crippen molar-refractivity contribution in [1.29, 1.82) is 0 Å². The summed E-state index contributed by atoms with van der Waals surface area (Å²) >= 11 is 0. The minimum Gasteiger partial charge on any atom is -0.316 e. The summed E-state index contributed by atoms with van der Waals surface area (Å²) in [6, 6.07) is 27.6. The molecular formula is C26H20N2O2. The van der Waals surface area contributed by atoms with Gasteiger partial charge in [0.25, 0.3) is 11.1 Å². The van der Waals surface area contributed by atoms with Crippen LogP contribution in [0.1, 0.15) is 11.1 Å². The highest BCUT2D eigenvalue weighted by Gasteiger charge is 1.97. The smallest absolute Gasteiger partial charge is 0.272 e. The molecule has 0 bridgehead atoms. The number of H-pyrrole nitrogens is 2. The lowest BCUT2D eigenvalue weighted by atomic mass is 10.0. The number of benzene rings is 3. The summed E-state index contributed by atoms with van der Waals surface area (Å²) < 4.78 is 0. The van der Waals surface area contributed by atoms with Gasteiger partial charge in [0.2, 0.25) is 0 Å². The van der Waals surface area contributed by atoms with Gasteiger partial charge in [0.05, 0.1) is 0 Å². The summed E-state index contributed by atoms with van der Waals surface area (Å²) in [5.41, 5.74) is 3.41. The first-order valence-corrected chi connectivity index (χ1v) is 9.62. The normalized spacial score (nSPS) is 12.5. The Kier molecular flexibility index (Phi) is 5.67. The molecule has 4 nitrogen and oxygen atoms in total. The Morgan fingerprint density at radius 3 is 1.97 bits per heavy atom. The number of rotatable bonds is 4. The Hall–Kier alpha value is -4.18. The summed E-state index contributed by atoms with van der Waals surface area (Å²) in [5, 5.41) is 0.434. The zero-order valence-electron chi connectivity index (χ0n) is 16.2. The third-order valence-corrected chi connectivity index (χ3v) is 4.64. The summed E-state index contributed by atoms with van der Waals surface area (Å²) in [7, 11) is 0. The molecule has 0 aliphatic carbocycles. The van der Waals surface area contributed by atoms with E-state index in [2.05, 4.69) is 34.2 Å². The average molecular weight is 392 g/mol. The molecule has 1 heterocycles. The lowest BCUT2D eigenvalue weighted by molar-refractivity contribution is 1.00. The van der Waals surface area contributed by atoms with Gasteiger partial charge in [-0.05, 0) is 40.5 Å². The molecule has 0 unspecified atom stereocenters. The quantitative estimate of drug-likeness (QED) is 0.561. The van der Waals surface area contributed by atoms with Gasteiger partial charge in [-0.2, -0.15) is 0 Å². The Balaban J connectivity index is 1.63. The van der Waals surface area contributed by atoms with Gasteiger partial charge in [0, 0.05) is 0 Å². The lowest BCUT2D eigenvalue weighted by Gasteiger charge is -2.02. The van der Waals surface area contributed by atoms with Crippen molar-refractivity contribution >= 4 is 18.2 Å². The minimum atomic E-state index is -0.348. The molecule has 0 aliphatic heterocycles. The number of hydrogen-bond donors (Lipinski definition) is 2. The van der Waals surface area contributed by atoms with Crippen LogP contribution in [0.15, 0.2) is 101 Å². The first-order valence-electron chi connectivity index (χ1n) is 9.62. The van der Waals surface area contributed by atoms with Crippen molar-refractivity contribution in [3.05, 3.63) is 134 Å². The standard InChI is InChI=1S/C26H20N2O2/c29-25-23(27-26(30)24(28-25)18-20-9-3-1-4-10-20)16-8-12-19-11-7-15-22(17-19)21-13-5-2-6-14-21/h1-18H,(H,27,30)(H,28,29). The van der Waals surface area contributed by atoms with Crippen LogP contribution >= 0.6 is 0 Å². The zero-order chi connectivity index (χ0) is 20.8. The van der Waals surface area contributed by atoms with Crippen LogP contribution in [0.4, 0.5) is 0 Å². The lowest BCUT2D eigenvalue weighted by Crippen LogP contribution is -2.46. The Bertz CT molecular complexity index is 1410. The fourth-order valence-electron chi connectivity index (χ4n) is 3.14. The van der Waals surface area contributed by atoms with E-state index >= 15 is 0 Å². The van der Waals surface area contributed by atoms with Crippen LogP contribution in [0.5, 0.6) is 0 Å². The molecule has 1 aromatic heterocycles. The van der Waals surface area contributed by atoms with E-state index in [9.17, 15) is 9.59 Å². The van der Waals surface area contributed by atoms with Crippen LogP contribution in [-0.2, 0) is 0 Å². The van der Waals surface area contributed by atoms with Crippen molar-refractivity contribution in [2.75, 3.05) is 0 Å². The van der Waals surface area contributed by atoms with Crippen LogP contribution in [-0.4, -0.2) is 9.97 Å². The number of aromatic nitrogens is 2. The molecule has 0 amide bonds. The van der Waals surface area contributed by atoms with Crippen molar-refractivity contribution in [1.82, 2.24) is 9.97 Å². The van der Waals surface area contributed by atoms with Gasteiger partial charge in [0.1, 0.15) is 10.7 Å². The molecule has 0 saturated heterocycles. The van der Waals surface area contributed by atoms with Gasteiger partial charge in [-0.1, -0.05) is 91.0 Å². The zero-order valence-corrected chi connectivity index (χ0v) is 16.2. The largest absolute Gasteiger partial charge is 0.316 e. The fourth-order valence-corrected chi connectivity index (χ4v) is 3.14. The Morgan fingerprint density at radius 2 is 1.20 bits per heavy atom. The van der Waals surface area contributed by atoms with Crippen LogP contribution in [0.25, 0.3) is 29.4 Å². The molecule has 146 valence electrons. The number of nitrogens with one attached hydrogen (secondary N) is 2. The maximum Gasteiger partial charge on any atom is 0.272 e. The van der Waals surface area contributed by atoms with E-state index in [1.54, 1.807) is 18.2 Å². The van der Waals surface area contributed by atoms with Gasteiger partial charge in [-0.25, -0.2) is 0 Å². The summed E-state index contributed by atoms with van der Waals surface area (Å²) in [6.07, 6.45) is 6.90. The van der Waals surface area contributed by atoms with Crippen LogP contribution in [0, 0.1) is 0 Å². The SMILES string of the molecule is O=c1[nH]c(=Cc2ccccc2)c(=O)[nH]c1=CC=Cc1cccc(-c2ccccc2)c1. The maximum atomic E-state index is 12.4. The van der Waals surface area contributed by atoms with Crippen LogP contribution < -0.4 is 21.8 Å². The molecular weight excluding hydrogens is 372 g/mol. The second-order valence-electron chi connectivity index (χ2n) is 6.81. The highest BCUT2D eigenvalue weighted by molar-refractivity contribution is 5.68. The van der Waals surface area contributed by atoms with Crippen LogP contribution in [0.2, 0.25) is 0 Å². The Morgan fingerprint density at radius 1 is 0.600 bits per heavy atom. The first kappa shape index (κ1) is 19.2. The van der Waals surface area contributed by atoms with E-state index in [4.69, 9.17) is 0 Å². The molecule has 0 spiro atoms.